The average Bonchev–Trinajstić information content (AvgIpc) is 2.35. The Morgan fingerprint density at radius 2 is 2.00 bits per heavy atom. The van der Waals surface area contributed by atoms with Gasteiger partial charge in [0.25, 0.3) is 0 Å². The molecule has 98 valence electrons. The molecule has 6 heteroatoms. The number of carbonyl (C=O) groups excluding carboxylic acids is 1. The van der Waals surface area contributed by atoms with E-state index in [9.17, 15) is 14.7 Å². The van der Waals surface area contributed by atoms with Crippen molar-refractivity contribution in [2.75, 3.05) is 6.26 Å². The molecule has 0 spiro atoms. The summed E-state index contributed by atoms with van der Waals surface area (Å²) in [6.07, 6.45) is 0.225. The minimum atomic E-state index is -1.57. The van der Waals surface area contributed by atoms with Gasteiger partial charge in [0.15, 0.2) is 11.9 Å². The lowest BCUT2D eigenvalue weighted by atomic mass is 10.0. The van der Waals surface area contributed by atoms with Crippen LogP contribution in [0.5, 0.6) is 0 Å². The maximum Gasteiger partial charge on any atom is 0.337 e. The highest BCUT2D eigenvalue weighted by Crippen LogP contribution is 2.27. The Kier molecular flexibility index (Phi) is 5.37. The number of Topliss-reactive ketones (excluding diaryl/α,β-unsaturated/α-hetero) is 1. The number of alkyl halides is 1. The quantitative estimate of drug-likeness (QED) is 0.492. The van der Waals surface area contributed by atoms with Gasteiger partial charge in [-0.1, -0.05) is 22.0 Å². The second-order valence-corrected chi connectivity index (χ2v) is 5.90. The van der Waals surface area contributed by atoms with E-state index in [2.05, 4.69) is 15.9 Å². The summed E-state index contributed by atoms with van der Waals surface area (Å²) < 4.78 is 0. The molecule has 4 nitrogen and oxygen atoms in total. The summed E-state index contributed by atoms with van der Waals surface area (Å²) in [7, 11) is 0. The van der Waals surface area contributed by atoms with Crippen molar-refractivity contribution in [3.05, 3.63) is 29.3 Å². The minimum Gasteiger partial charge on any atom is -0.479 e. The number of benzene rings is 1. The summed E-state index contributed by atoms with van der Waals surface area (Å²) in [4.78, 5) is 22.9. The predicted octanol–water partition coefficient (Wildman–Crippen LogP) is 2.49. The zero-order valence-electron chi connectivity index (χ0n) is 9.88. The van der Waals surface area contributed by atoms with Crippen molar-refractivity contribution < 1.29 is 19.8 Å². The van der Waals surface area contributed by atoms with Gasteiger partial charge in [0, 0.05) is 10.5 Å². The molecule has 0 saturated heterocycles. The van der Waals surface area contributed by atoms with E-state index in [1.165, 1.54) is 23.9 Å². The second-order valence-electron chi connectivity index (χ2n) is 3.68. The van der Waals surface area contributed by atoms with Crippen molar-refractivity contribution in [1.29, 1.82) is 0 Å². The summed E-state index contributed by atoms with van der Waals surface area (Å²) in [5.41, 5.74) is 0.791. The highest BCUT2D eigenvalue weighted by atomic mass is 79.9. The number of aliphatic hydroxyl groups is 1. The average molecular weight is 333 g/mol. The molecule has 18 heavy (non-hydrogen) atoms. The van der Waals surface area contributed by atoms with E-state index in [-0.39, 0.29) is 16.2 Å². The Morgan fingerprint density at radius 1 is 1.39 bits per heavy atom. The first-order valence-electron chi connectivity index (χ1n) is 5.15. The third-order valence-corrected chi connectivity index (χ3v) is 3.60. The fourth-order valence-electron chi connectivity index (χ4n) is 1.44. The van der Waals surface area contributed by atoms with Gasteiger partial charge >= 0.3 is 5.97 Å². The predicted molar refractivity (Wildman–Crippen MR) is 73.5 cm³/mol. The molecule has 0 radical (unpaired) electrons. The molecule has 1 aromatic carbocycles. The molecule has 0 aliphatic heterocycles. The molecular formula is C12H13BrO4S. The lowest BCUT2D eigenvalue weighted by molar-refractivity contribution is -0.146. The Bertz CT molecular complexity index is 473. The number of carboxylic acid groups (broad SMARTS) is 1. The Hall–Kier alpha value is -0.850. The van der Waals surface area contributed by atoms with Crippen molar-refractivity contribution in [3.8, 4) is 0 Å². The topological polar surface area (TPSA) is 74.6 Å². The summed E-state index contributed by atoms with van der Waals surface area (Å²) in [5.74, 6) is -1.38. The SMILES string of the molecule is CSc1cc(C(O)C(=O)O)ccc1C(=O)C(C)Br. The maximum absolute atomic E-state index is 11.9. The van der Waals surface area contributed by atoms with Crippen LogP contribution in [0.15, 0.2) is 23.1 Å². The van der Waals surface area contributed by atoms with E-state index in [0.29, 0.717) is 10.5 Å². The molecule has 0 saturated carbocycles. The first-order valence-corrected chi connectivity index (χ1v) is 7.29. The van der Waals surface area contributed by atoms with Crippen molar-refractivity contribution in [2.24, 2.45) is 0 Å². The van der Waals surface area contributed by atoms with Crippen molar-refractivity contribution >= 4 is 39.4 Å². The number of rotatable bonds is 5. The molecule has 2 atom stereocenters. The summed E-state index contributed by atoms with van der Waals surface area (Å²) in [6.45, 7) is 1.73. The molecule has 0 aliphatic rings. The first kappa shape index (κ1) is 15.2. The van der Waals surface area contributed by atoms with E-state index in [1.54, 1.807) is 19.2 Å². The van der Waals surface area contributed by atoms with Gasteiger partial charge in [0.05, 0.1) is 4.83 Å². The molecule has 2 N–H and O–H groups in total. The molecule has 0 amide bonds. The highest BCUT2D eigenvalue weighted by molar-refractivity contribution is 9.10. The van der Waals surface area contributed by atoms with Crippen LogP contribution in [0.2, 0.25) is 0 Å². The zero-order valence-corrected chi connectivity index (χ0v) is 12.3. The molecule has 0 heterocycles. The van der Waals surface area contributed by atoms with Crippen LogP contribution in [-0.4, -0.2) is 33.0 Å². The fourth-order valence-corrected chi connectivity index (χ4v) is 2.33. The van der Waals surface area contributed by atoms with Crippen molar-refractivity contribution in [1.82, 2.24) is 0 Å². The van der Waals surface area contributed by atoms with Crippen molar-refractivity contribution in [3.63, 3.8) is 0 Å². The smallest absolute Gasteiger partial charge is 0.337 e. The fraction of sp³-hybridized carbons (Fsp3) is 0.333. The van der Waals surface area contributed by atoms with Crippen LogP contribution < -0.4 is 0 Å². The van der Waals surface area contributed by atoms with Crippen LogP contribution in [0.3, 0.4) is 0 Å². The third-order valence-electron chi connectivity index (χ3n) is 2.40. The van der Waals surface area contributed by atoms with E-state index in [0.717, 1.165) is 0 Å². The summed E-state index contributed by atoms with van der Waals surface area (Å²) in [5, 5.41) is 18.2. The Balaban J connectivity index is 3.19. The van der Waals surface area contributed by atoms with Gasteiger partial charge in [-0.15, -0.1) is 11.8 Å². The Labute approximate surface area is 118 Å². The lowest BCUT2D eigenvalue weighted by Gasteiger charge is -2.12. The highest BCUT2D eigenvalue weighted by Gasteiger charge is 2.20. The van der Waals surface area contributed by atoms with Gasteiger partial charge < -0.3 is 10.2 Å². The molecule has 0 aromatic heterocycles. The number of hydrogen-bond donors (Lipinski definition) is 2. The number of ketones is 1. The van der Waals surface area contributed by atoms with Gasteiger partial charge in [-0.3, -0.25) is 4.79 Å². The van der Waals surface area contributed by atoms with Crippen LogP contribution >= 0.6 is 27.7 Å². The van der Waals surface area contributed by atoms with Crippen LogP contribution in [0, 0.1) is 0 Å². The molecule has 0 fully saturated rings. The molecule has 1 rings (SSSR count). The standard InChI is InChI=1S/C12H13BrO4S/c1-6(13)10(14)8-4-3-7(5-9(8)18-2)11(15)12(16)17/h3-6,11,15H,1-2H3,(H,16,17). The van der Waals surface area contributed by atoms with Crippen LogP contribution in [0.25, 0.3) is 0 Å². The summed E-state index contributed by atoms with van der Waals surface area (Å²) in [6, 6.07) is 4.54. The van der Waals surface area contributed by atoms with Crippen LogP contribution in [-0.2, 0) is 4.79 Å². The van der Waals surface area contributed by atoms with Gasteiger partial charge in [-0.2, -0.15) is 0 Å². The molecule has 1 aromatic rings. The van der Waals surface area contributed by atoms with Gasteiger partial charge in [0.1, 0.15) is 0 Å². The Morgan fingerprint density at radius 3 is 2.44 bits per heavy atom. The largest absolute Gasteiger partial charge is 0.479 e. The molecule has 2 unspecified atom stereocenters. The minimum absolute atomic E-state index is 0.0734. The zero-order chi connectivity index (χ0) is 13.9. The van der Waals surface area contributed by atoms with E-state index >= 15 is 0 Å². The van der Waals surface area contributed by atoms with E-state index in [4.69, 9.17) is 5.11 Å². The number of hydrogen-bond acceptors (Lipinski definition) is 4. The third kappa shape index (κ3) is 3.34. The second kappa shape index (κ2) is 6.36. The van der Waals surface area contributed by atoms with Gasteiger partial charge in [-0.25, -0.2) is 4.79 Å². The normalized spacial score (nSPS) is 14.0. The lowest BCUT2D eigenvalue weighted by Crippen LogP contribution is -2.14. The van der Waals surface area contributed by atoms with E-state index in [1.807, 2.05) is 0 Å². The number of carboxylic acids is 1. The number of carbonyl (C=O) groups is 2. The van der Waals surface area contributed by atoms with Crippen LogP contribution in [0.1, 0.15) is 28.9 Å². The first-order chi connectivity index (χ1) is 8.38. The van der Waals surface area contributed by atoms with Crippen molar-refractivity contribution in [2.45, 2.75) is 22.8 Å². The number of thioether (sulfide) groups is 1. The molecular weight excluding hydrogens is 320 g/mol. The van der Waals surface area contributed by atoms with Gasteiger partial charge in [0.2, 0.25) is 0 Å². The number of aliphatic carboxylic acids is 1. The van der Waals surface area contributed by atoms with E-state index < -0.39 is 12.1 Å². The molecule has 0 aliphatic carbocycles. The van der Waals surface area contributed by atoms with Crippen LogP contribution in [0.4, 0.5) is 0 Å². The van der Waals surface area contributed by atoms with Gasteiger partial charge in [-0.05, 0) is 30.9 Å². The monoisotopic (exact) mass is 332 g/mol. The maximum atomic E-state index is 11.9. The number of aliphatic hydroxyl groups excluding tert-OH is 1. The molecule has 0 bridgehead atoms. The number of halogens is 1. The summed E-state index contributed by atoms with van der Waals surface area (Å²) >= 11 is 4.55.